The molecule has 0 unspecified atom stereocenters. The van der Waals surface area contributed by atoms with Crippen LogP contribution in [0.2, 0.25) is 0 Å². The van der Waals surface area contributed by atoms with Gasteiger partial charge in [-0.2, -0.15) is 5.10 Å². The lowest BCUT2D eigenvalue weighted by molar-refractivity contribution is -0.139. The average molecular weight is 333 g/mol. The molecule has 8 nitrogen and oxygen atoms in total. The largest absolute Gasteiger partial charge is 0.465 e. The Hall–Kier alpha value is -2.74. The number of carbonyl (C=O) groups excluding carboxylic acids is 3. The van der Waals surface area contributed by atoms with Gasteiger partial charge in [0.15, 0.2) is 0 Å². The monoisotopic (exact) mass is 333 g/mol. The quantitative estimate of drug-likeness (QED) is 0.347. The molecule has 2 rings (SSSR count). The van der Waals surface area contributed by atoms with Gasteiger partial charge in [0.2, 0.25) is 0 Å². The summed E-state index contributed by atoms with van der Waals surface area (Å²) in [5.41, 5.74) is 3.21. The van der Waals surface area contributed by atoms with Gasteiger partial charge < -0.3 is 14.8 Å². The van der Waals surface area contributed by atoms with Gasteiger partial charge in [0.05, 0.1) is 25.0 Å². The van der Waals surface area contributed by atoms with Crippen molar-refractivity contribution in [3.63, 3.8) is 0 Å². The maximum atomic E-state index is 11.6. The number of benzene rings is 1. The molecule has 1 aromatic carbocycles. The van der Waals surface area contributed by atoms with Gasteiger partial charge in [-0.25, -0.2) is 10.2 Å². The van der Waals surface area contributed by atoms with Crippen molar-refractivity contribution >= 4 is 24.0 Å². The molecule has 1 fully saturated rings. The topological polar surface area (TPSA) is 106 Å². The van der Waals surface area contributed by atoms with E-state index in [0.29, 0.717) is 24.3 Å². The zero-order valence-electron chi connectivity index (χ0n) is 13.3. The molecule has 1 aliphatic rings. The summed E-state index contributed by atoms with van der Waals surface area (Å²) in [4.78, 5) is 34.5. The molecule has 1 aliphatic heterocycles. The van der Waals surface area contributed by atoms with Gasteiger partial charge >= 0.3 is 17.8 Å². The molecule has 0 radical (unpaired) electrons. The van der Waals surface area contributed by atoms with Crippen LogP contribution in [0.25, 0.3) is 0 Å². The third-order valence-electron chi connectivity index (χ3n) is 3.43. The van der Waals surface area contributed by atoms with Crippen LogP contribution in [-0.4, -0.2) is 50.4 Å². The molecule has 1 aromatic rings. The number of hydrogen-bond donors (Lipinski definition) is 2. The van der Waals surface area contributed by atoms with Crippen LogP contribution in [0.15, 0.2) is 29.4 Å². The van der Waals surface area contributed by atoms with E-state index in [1.54, 1.807) is 24.3 Å². The molecule has 0 aromatic heterocycles. The number of methoxy groups -OCH3 is 1. The third-order valence-corrected chi connectivity index (χ3v) is 3.43. The number of esters is 1. The van der Waals surface area contributed by atoms with Crippen molar-refractivity contribution in [1.29, 1.82) is 0 Å². The minimum Gasteiger partial charge on any atom is -0.465 e. The lowest BCUT2D eigenvalue weighted by atomic mass is 10.1. The molecule has 24 heavy (non-hydrogen) atoms. The highest BCUT2D eigenvalue weighted by Crippen LogP contribution is 2.10. The first-order valence-electron chi connectivity index (χ1n) is 7.51. The van der Waals surface area contributed by atoms with E-state index in [2.05, 4.69) is 20.6 Å². The fraction of sp³-hybridized carbons (Fsp3) is 0.375. The highest BCUT2D eigenvalue weighted by atomic mass is 16.5. The van der Waals surface area contributed by atoms with Crippen LogP contribution >= 0.6 is 0 Å². The second-order valence-electron chi connectivity index (χ2n) is 5.16. The second-order valence-corrected chi connectivity index (χ2v) is 5.16. The van der Waals surface area contributed by atoms with Crippen molar-refractivity contribution in [2.75, 3.05) is 20.3 Å². The van der Waals surface area contributed by atoms with Crippen molar-refractivity contribution < 1.29 is 23.9 Å². The molecule has 1 heterocycles. The smallest absolute Gasteiger partial charge is 0.337 e. The molecule has 0 spiro atoms. The predicted molar refractivity (Wildman–Crippen MR) is 85.5 cm³/mol. The standard InChI is InChI=1S/C16H19N3O5/c1-23-16(22)12-6-4-11(5-7-12)9-18-19-15(21)14(20)17-10-13-3-2-8-24-13/h4-7,9,13H,2-3,8,10H2,1H3,(H,17,20)(H,19,21)/t13-/m1/s1. The van der Waals surface area contributed by atoms with Crippen LogP contribution < -0.4 is 10.7 Å². The Labute approximate surface area is 139 Å². The van der Waals surface area contributed by atoms with E-state index < -0.39 is 17.8 Å². The van der Waals surface area contributed by atoms with Gasteiger partial charge in [0.1, 0.15) is 0 Å². The number of ether oxygens (including phenoxy) is 2. The lowest BCUT2D eigenvalue weighted by Gasteiger charge is -2.09. The van der Waals surface area contributed by atoms with Crippen LogP contribution in [0.5, 0.6) is 0 Å². The van der Waals surface area contributed by atoms with Crippen molar-refractivity contribution in [3.8, 4) is 0 Å². The minimum atomic E-state index is -0.851. The van der Waals surface area contributed by atoms with Gasteiger partial charge in [0.25, 0.3) is 0 Å². The molecule has 128 valence electrons. The molecular weight excluding hydrogens is 314 g/mol. The third kappa shape index (κ3) is 5.17. The normalized spacial score (nSPS) is 16.8. The van der Waals surface area contributed by atoms with Crippen LogP contribution in [-0.2, 0) is 19.1 Å². The zero-order chi connectivity index (χ0) is 17.4. The second kappa shape index (κ2) is 8.78. The summed E-state index contributed by atoms with van der Waals surface area (Å²) in [6.45, 7) is 0.997. The number of hydrogen-bond acceptors (Lipinski definition) is 6. The summed E-state index contributed by atoms with van der Waals surface area (Å²) < 4.78 is 9.94. The van der Waals surface area contributed by atoms with E-state index in [-0.39, 0.29) is 6.10 Å². The number of nitrogens with zero attached hydrogens (tertiary/aromatic N) is 1. The van der Waals surface area contributed by atoms with Crippen LogP contribution in [0, 0.1) is 0 Å². The highest BCUT2D eigenvalue weighted by Gasteiger charge is 2.18. The molecule has 8 heteroatoms. The van der Waals surface area contributed by atoms with Crippen LogP contribution in [0.1, 0.15) is 28.8 Å². The first-order valence-corrected chi connectivity index (χ1v) is 7.51. The highest BCUT2D eigenvalue weighted by molar-refractivity contribution is 6.35. The van der Waals surface area contributed by atoms with Crippen molar-refractivity contribution in [1.82, 2.24) is 10.7 Å². The van der Waals surface area contributed by atoms with Gasteiger partial charge in [-0.1, -0.05) is 12.1 Å². The Morgan fingerprint density at radius 3 is 2.67 bits per heavy atom. The van der Waals surface area contributed by atoms with Crippen LogP contribution in [0.3, 0.4) is 0 Å². The van der Waals surface area contributed by atoms with Crippen molar-refractivity contribution in [3.05, 3.63) is 35.4 Å². The first-order chi connectivity index (χ1) is 11.6. The average Bonchev–Trinajstić information content (AvgIpc) is 3.13. The molecule has 1 atom stereocenters. The van der Waals surface area contributed by atoms with E-state index in [1.165, 1.54) is 13.3 Å². The summed E-state index contributed by atoms with van der Waals surface area (Å²) in [7, 11) is 1.30. The molecule has 0 saturated carbocycles. The van der Waals surface area contributed by atoms with E-state index >= 15 is 0 Å². The van der Waals surface area contributed by atoms with Gasteiger partial charge in [-0.15, -0.1) is 0 Å². The number of carbonyl (C=O) groups is 3. The van der Waals surface area contributed by atoms with Gasteiger partial charge in [-0.3, -0.25) is 9.59 Å². The van der Waals surface area contributed by atoms with Gasteiger partial charge in [0, 0.05) is 13.2 Å². The Morgan fingerprint density at radius 2 is 2.04 bits per heavy atom. The zero-order valence-corrected chi connectivity index (χ0v) is 13.3. The summed E-state index contributed by atoms with van der Waals surface area (Å²) in [6, 6.07) is 6.42. The summed E-state index contributed by atoms with van der Waals surface area (Å²) in [5, 5.41) is 6.20. The minimum absolute atomic E-state index is 0.0291. The molecule has 0 aliphatic carbocycles. The molecule has 2 amide bonds. The van der Waals surface area contributed by atoms with E-state index in [0.717, 1.165) is 12.8 Å². The summed E-state index contributed by atoms with van der Waals surface area (Å²) in [5.74, 6) is -2.05. The van der Waals surface area contributed by atoms with Crippen LogP contribution in [0.4, 0.5) is 0 Å². The fourth-order valence-electron chi connectivity index (χ4n) is 2.13. The fourth-order valence-corrected chi connectivity index (χ4v) is 2.13. The molecule has 2 N–H and O–H groups in total. The Bertz CT molecular complexity index is 621. The van der Waals surface area contributed by atoms with Crippen molar-refractivity contribution in [2.45, 2.75) is 18.9 Å². The Kier molecular flexibility index (Phi) is 6.44. The predicted octanol–water partition coefficient (Wildman–Crippen LogP) is 0.218. The molecule has 1 saturated heterocycles. The molecule has 0 bridgehead atoms. The van der Waals surface area contributed by atoms with Crippen molar-refractivity contribution in [2.24, 2.45) is 5.10 Å². The number of nitrogens with one attached hydrogen (secondary N) is 2. The van der Waals surface area contributed by atoms with E-state index in [1.807, 2.05) is 0 Å². The Morgan fingerprint density at radius 1 is 1.29 bits per heavy atom. The van der Waals surface area contributed by atoms with E-state index in [9.17, 15) is 14.4 Å². The first kappa shape index (κ1) is 17.6. The summed E-state index contributed by atoms with van der Waals surface area (Å²) in [6.07, 6.45) is 3.18. The lowest BCUT2D eigenvalue weighted by Crippen LogP contribution is -2.41. The number of hydrazone groups is 1. The Balaban J connectivity index is 1.76. The van der Waals surface area contributed by atoms with Gasteiger partial charge in [-0.05, 0) is 30.5 Å². The number of rotatable bonds is 5. The maximum absolute atomic E-state index is 11.6. The molecular formula is C16H19N3O5. The summed E-state index contributed by atoms with van der Waals surface area (Å²) >= 11 is 0. The number of amides is 2. The maximum Gasteiger partial charge on any atom is 0.337 e. The van der Waals surface area contributed by atoms with E-state index in [4.69, 9.17) is 4.74 Å². The SMILES string of the molecule is COC(=O)c1ccc(C=NNC(=O)C(=O)NC[C@H]2CCCO2)cc1.